The van der Waals surface area contributed by atoms with E-state index < -0.39 is 11.9 Å². The van der Waals surface area contributed by atoms with Crippen molar-refractivity contribution in [1.82, 2.24) is 0 Å². The van der Waals surface area contributed by atoms with Gasteiger partial charge in [-0.1, -0.05) is 64.1 Å². The molecule has 6 heteroatoms. The first kappa shape index (κ1) is 19.7. The van der Waals surface area contributed by atoms with Crippen molar-refractivity contribution >= 4 is 23.3 Å². The lowest BCUT2D eigenvalue weighted by molar-refractivity contribution is -0.256. The number of carboxylic acids is 2. The monoisotopic (exact) mass is 380 g/mol. The molecule has 0 saturated heterocycles. The number of carbonyl (C=O) groups is 2. The summed E-state index contributed by atoms with van der Waals surface area (Å²) in [6.07, 6.45) is 0. The summed E-state index contributed by atoms with van der Waals surface area (Å²) >= 11 is 0. The average molecular weight is 380 g/mol. The van der Waals surface area contributed by atoms with Gasteiger partial charge >= 0.3 is 0 Å². The van der Waals surface area contributed by atoms with Crippen LogP contribution in [0.4, 0.5) is 11.4 Å². The number of carbonyl (C=O) groups excluding carboxylic acids is 2. The molecule has 28 heavy (non-hydrogen) atoms. The van der Waals surface area contributed by atoms with E-state index in [0.29, 0.717) is 11.4 Å². The summed E-state index contributed by atoms with van der Waals surface area (Å²) in [5.74, 6) is -2.31. The van der Waals surface area contributed by atoms with E-state index in [1.165, 1.54) is 12.1 Å². The number of fused-ring (bicyclic) bond motifs is 1. The van der Waals surface area contributed by atoms with Crippen LogP contribution in [-0.4, -0.2) is 18.0 Å². The molecule has 0 fully saturated rings. The number of anilines is 2. The van der Waals surface area contributed by atoms with Crippen LogP contribution >= 0.6 is 0 Å². The average Bonchev–Trinajstić information content (AvgIpc) is 2.62. The summed E-state index contributed by atoms with van der Waals surface area (Å²) in [6, 6.07) is 11.3. The molecule has 1 heterocycles. The molecule has 0 saturated carbocycles. The zero-order valence-electron chi connectivity index (χ0n) is 16.4. The molecule has 1 aliphatic heterocycles. The number of benzene rings is 2. The van der Waals surface area contributed by atoms with E-state index in [4.69, 9.17) is 0 Å². The molecule has 148 valence electrons. The Hall–Kier alpha value is -3.02. The van der Waals surface area contributed by atoms with Crippen molar-refractivity contribution in [3.8, 4) is 0 Å². The largest absolute Gasteiger partial charge is 0.545 e. The van der Waals surface area contributed by atoms with Gasteiger partial charge in [0.15, 0.2) is 0 Å². The zero-order chi connectivity index (χ0) is 20.6. The van der Waals surface area contributed by atoms with E-state index in [9.17, 15) is 19.8 Å². The molecule has 0 aromatic heterocycles. The fraction of sp³-hybridized carbons (Fsp3) is 0.364. The number of rotatable bonds is 5. The maximum absolute atomic E-state index is 11.7. The number of hydrogen-bond donors (Lipinski definition) is 2. The summed E-state index contributed by atoms with van der Waals surface area (Å²) in [4.78, 5) is 23.2. The third-order valence-corrected chi connectivity index (χ3v) is 5.59. The van der Waals surface area contributed by atoms with Crippen LogP contribution in [0.2, 0.25) is 0 Å². The first-order valence-electron chi connectivity index (χ1n) is 9.32. The SMILES string of the molecule is CC(C)[C@H]1Nc2c(C(=O)[O-])cccc2[C@@H](Nc2ccccc2C(=O)[O-])C1(C)C. The third-order valence-electron chi connectivity index (χ3n) is 5.59. The zero-order valence-corrected chi connectivity index (χ0v) is 16.4. The number of nitrogens with one attached hydrogen (secondary N) is 2. The van der Waals surface area contributed by atoms with Crippen molar-refractivity contribution in [2.45, 2.75) is 39.8 Å². The van der Waals surface area contributed by atoms with Gasteiger partial charge in [0.05, 0.1) is 18.0 Å². The molecule has 0 unspecified atom stereocenters. The second-order valence-electron chi connectivity index (χ2n) is 8.16. The standard InChI is InChI=1S/C22H26N2O4/c1-12(2)18-22(3,4)19(23-16-11-6-5-8-13(16)20(25)26)14-9-7-10-15(21(27)28)17(14)24-18/h5-12,18-19,23-24H,1-4H3,(H,25,26)(H,27,28)/p-2/t18-,19-/m1/s1. The molecule has 0 bridgehead atoms. The summed E-state index contributed by atoms with van der Waals surface area (Å²) in [6.45, 7) is 8.30. The second kappa shape index (κ2) is 7.19. The molecule has 0 amide bonds. The maximum Gasteiger partial charge on any atom is 0.0736 e. The Morgan fingerprint density at radius 2 is 1.61 bits per heavy atom. The summed E-state index contributed by atoms with van der Waals surface area (Å²) in [5, 5.41) is 30.0. The van der Waals surface area contributed by atoms with E-state index in [0.717, 1.165) is 5.56 Å². The number of carboxylic acid groups (broad SMARTS) is 2. The van der Waals surface area contributed by atoms with Crippen LogP contribution in [0, 0.1) is 11.3 Å². The van der Waals surface area contributed by atoms with E-state index in [1.54, 1.807) is 24.3 Å². The molecule has 2 N–H and O–H groups in total. The Morgan fingerprint density at radius 1 is 1.00 bits per heavy atom. The number of para-hydroxylation sites is 2. The number of hydrogen-bond acceptors (Lipinski definition) is 6. The van der Waals surface area contributed by atoms with Gasteiger partial charge in [-0.15, -0.1) is 0 Å². The lowest BCUT2D eigenvalue weighted by Gasteiger charge is -2.50. The van der Waals surface area contributed by atoms with Crippen LogP contribution in [0.1, 0.15) is 60.0 Å². The molecule has 2 aromatic rings. The second-order valence-corrected chi connectivity index (χ2v) is 8.16. The molecule has 6 nitrogen and oxygen atoms in total. The van der Waals surface area contributed by atoms with Crippen molar-refractivity contribution in [2.24, 2.45) is 11.3 Å². The van der Waals surface area contributed by atoms with Crippen molar-refractivity contribution in [3.63, 3.8) is 0 Å². The van der Waals surface area contributed by atoms with Crippen molar-refractivity contribution in [3.05, 3.63) is 59.2 Å². The van der Waals surface area contributed by atoms with Crippen LogP contribution < -0.4 is 20.8 Å². The summed E-state index contributed by atoms with van der Waals surface area (Å²) in [5.41, 5.74) is 1.52. The van der Waals surface area contributed by atoms with Crippen LogP contribution in [0.3, 0.4) is 0 Å². The first-order chi connectivity index (χ1) is 13.1. The molecule has 0 aliphatic carbocycles. The Bertz CT molecular complexity index is 921. The molecule has 2 atom stereocenters. The van der Waals surface area contributed by atoms with E-state index in [2.05, 4.69) is 38.3 Å². The normalized spacial score (nSPS) is 20.2. The molecule has 3 rings (SSSR count). The highest BCUT2D eigenvalue weighted by atomic mass is 16.4. The van der Waals surface area contributed by atoms with Gasteiger partial charge in [-0.05, 0) is 17.5 Å². The number of aromatic carboxylic acids is 2. The molecular formula is C22H24N2O4-2. The lowest BCUT2D eigenvalue weighted by atomic mass is 9.67. The van der Waals surface area contributed by atoms with Crippen LogP contribution in [0.25, 0.3) is 0 Å². The van der Waals surface area contributed by atoms with Gasteiger partial charge in [-0.25, -0.2) is 0 Å². The minimum atomic E-state index is -1.26. The highest BCUT2D eigenvalue weighted by Gasteiger charge is 2.45. The highest BCUT2D eigenvalue weighted by molar-refractivity contribution is 5.95. The van der Waals surface area contributed by atoms with Crippen molar-refractivity contribution in [1.29, 1.82) is 0 Å². The van der Waals surface area contributed by atoms with Crippen LogP contribution in [0.5, 0.6) is 0 Å². The lowest BCUT2D eigenvalue weighted by Crippen LogP contribution is -2.50. The van der Waals surface area contributed by atoms with Gasteiger partial charge in [0.1, 0.15) is 0 Å². The predicted octanol–water partition coefficient (Wildman–Crippen LogP) is 2.04. The summed E-state index contributed by atoms with van der Waals surface area (Å²) in [7, 11) is 0. The minimum absolute atomic E-state index is 0.0480. The Labute approximate surface area is 164 Å². The maximum atomic E-state index is 11.7. The van der Waals surface area contributed by atoms with Gasteiger partial charge in [-0.2, -0.15) is 0 Å². The highest BCUT2D eigenvalue weighted by Crippen LogP contribution is 2.49. The quantitative estimate of drug-likeness (QED) is 0.823. The van der Waals surface area contributed by atoms with Gasteiger partial charge in [0, 0.05) is 34.0 Å². The molecule has 0 radical (unpaired) electrons. The minimum Gasteiger partial charge on any atom is -0.545 e. The van der Waals surface area contributed by atoms with E-state index in [-0.39, 0.29) is 34.5 Å². The molecule has 2 aromatic carbocycles. The Morgan fingerprint density at radius 3 is 2.21 bits per heavy atom. The van der Waals surface area contributed by atoms with Crippen LogP contribution in [0.15, 0.2) is 42.5 Å². The third kappa shape index (κ3) is 3.30. The smallest absolute Gasteiger partial charge is 0.0736 e. The van der Waals surface area contributed by atoms with E-state index >= 15 is 0 Å². The Kier molecular flexibility index (Phi) is 5.06. The Balaban J connectivity index is 2.17. The van der Waals surface area contributed by atoms with Gasteiger partial charge in [0.25, 0.3) is 0 Å². The van der Waals surface area contributed by atoms with Crippen LogP contribution in [-0.2, 0) is 0 Å². The molecule has 1 aliphatic rings. The van der Waals surface area contributed by atoms with Gasteiger partial charge < -0.3 is 30.4 Å². The first-order valence-corrected chi connectivity index (χ1v) is 9.32. The topological polar surface area (TPSA) is 104 Å². The predicted molar refractivity (Wildman–Crippen MR) is 104 cm³/mol. The fourth-order valence-electron chi connectivity index (χ4n) is 4.30. The van der Waals surface area contributed by atoms with E-state index in [1.807, 2.05) is 6.07 Å². The van der Waals surface area contributed by atoms with Gasteiger partial charge in [0.2, 0.25) is 0 Å². The van der Waals surface area contributed by atoms with Crippen molar-refractivity contribution < 1.29 is 19.8 Å². The molecular weight excluding hydrogens is 356 g/mol. The fourth-order valence-corrected chi connectivity index (χ4v) is 4.30. The van der Waals surface area contributed by atoms with Crippen molar-refractivity contribution in [2.75, 3.05) is 10.6 Å². The summed E-state index contributed by atoms with van der Waals surface area (Å²) < 4.78 is 0. The van der Waals surface area contributed by atoms with Gasteiger partial charge in [-0.3, -0.25) is 0 Å². The molecule has 0 spiro atoms.